The van der Waals surface area contributed by atoms with Gasteiger partial charge in [-0.1, -0.05) is 29.8 Å². The average molecular weight is 297 g/mol. The molecule has 2 aromatic rings. The molecule has 3 nitrogen and oxygen atoms in total. The maximum atomic E-state index is 12.1. The van der Waals surface area contributed by atoms with Crippen LogP contribution in [0.2, 0.25) is 0 Å². The third kappa shape index (κ3) is 4.35. The first kappa shape index (κ1) is 16.1. The van der Waals surface area contributed by atoms with Crippen molar-refractivity contribution in [1.82, 2.24) is 5.32 Å². The van der Waals surface area contributed by atoms with E-state index in [4.69, 9.17) is 4.74 Å². The number of hydrogen-bond donors (Lipinski definition) is 1. The molecule has 0 bridgehead atoms. The normalized spacial score (nSPS) is 10.3. The van der Waals surface area contributed by atoms with Gasteiger partial charge in [-0.2, -0.15) is 0 Å². The maximum Gasteiger partial charge on any atom is 0.251 e. The van der Waals surface area contributed by atoms with Crippen LogP contribution in [0.4, 0.5) is 0 Å². The number of hydrogen-bond acceptors (Lipinski definition) is 2. The fraction of sp³-hybridized carbons (Fsp3) is 0.316. The molecule has 0 radical (unpaired) electrons. The number of benzene rings is 2. The van der Waals surface area contributed by atoms with Crippen LogP contribution >= 0.6 is 0 Å². The van der Waals surface area contributed by atoms with Gasteiger partial charge >= 0.3 is 0 Å². The first-order chi connectivity index (χ1) is 10.6. The molecule has 0 fully saturated rings. The van der Waals surface area contributed by atoms with Gasteiger partial charge in [-0.15, -0.1) is 0 Å². The van der Waals surface area contributed by atoms with Crippen LogP contribution in [0.3, 0.4) is 0 Å². The lowest BCUT2D eigenvalue weighted by Gasteiger charge is -2.08. The van der Waals surface area contributed by atoms with E-state index in [9.17, 15) is 4.79 Å². The number of ether oxygens (including phenoxy) is 1. The van der Waals surface area contributed by atoms with Crippen LogP contribution in [0.1, 0.15) is 33.5 Å². The topological polar surface area (TPSA) is 38.3 Å². The van der Waals surface area contributed by atoms with E-state index in [1.54, 1.807) is 7.11 Å². The summed E-state index contributed by atoms with van der Waals surface area (Å²) in [6, 6.07) is 13.9. The molecule has 0 spiro atoms. The first-order valence-corrected chi connectivity index (χ1v) is 7.58. The highest BCUT2D eigenvalue weighted by Gasteiger charge is 2.07. The van der Waals surface area contributed by atoms with Crippen LogP contribution in [0.15, 0.2) is 42.5 Å². The number of rotatable bonds is 6. The van der Waals surface area contributed by atoms with Gasteiger partial charge in [0.25, 0.3) is 5.91 Å². The number of carbonyl (C=O) groups excluding carboxylic acids is 1. The predicted molar refractivity (Wildman–Crippen MR) is 89.6 cm³/mol. The Kier molecular flexibility index (Phi) is 5.59. The van der Waals surface area contributed by atoms with Crippen LogP contribution < -0.4 is 10.1 Å². The summed E-state index contributed by atoms with van der Waals surface area (Å²) < 4.78 is 5.14. The summed E-state index contributed by atoms with van der Waals surface area (Å²) in [4.78, 5) is 12.1. The van der Waals surface area contributed by atoms with E-state index in [2.05, 4.69) is 17.4 Å². The standard InChI is InChI=1S/C19H23NO2/c1-14-6-11-18(15(2)13-14)19(21)20-12-4-5-16-7-9-17(22-3)10-8-16/h6-11,13H,4-5,12H2,1-3H3,(H,20,21). The van der Waals surface area contributed by atoms with E-state index < -0.39 is 0 Å². The Bertz CT molecular complexity index is 632. The molecule has 116 valence electrons. The molecule has 0 aliphatic heterocycles. The third-order valence-corrected chi connectivity index (χ3v) is 3.71. The average Bonchev–Trinajstić information content (AvgIpc) is 2.52. The summed E-state index contributed by atoms with van der Waals surface area (Å²) in [5.74, 6) is 0.874. The number of nitrogens with one attached hydrogen (secondary N) is 1. The second kappa shape index (κ2) is 7.64. The molecule has 0 unspecified atom stereocenters. The highest BCUT2D eigenvalue weighted by atomic mass is 16.5. The molecule has 22 heavy (non-hydrogen) atoms. The molecular weight excluding hydrogens is 274 g/mol. The summed E-state index contributed by atoms with van der Waals surface area (Å²) in [7, 11) is 1.66. The quantitative estimate of drug-likeness (QED) is 0.826. The van der Waals surface area contributed by atoms with Crippen LogP contribution in [-0.4, -0.2) is 19.6 Å². The van der Waals surface area contributed by atoms with Crippen molar-refractivity contribution >= 4 is 5.91 Å². The second-order valence-electron chi connectivity index (χ2n) is 5.53. The number of aryl methyl sites for hydroxylation is 3. The largest absolute Gasteiger partial charge is 0.497 e. The van der Waals surface area contributed by atoms with Crippen molar-refractivity contribution in [2.24, 2.45) is 0 Å². The van der Waals surface area contributed by atoms with Gasteiger partial charge in [0.2, 0.25) is 0 Å². The Balaban J connectivity index is 1.79. The third-order valence-electron chi connectivity index (χ3n) is 3.71. The molecule has 0 saturated heterocycles. The van der Waals surface area contributed by atoms with E-state index in [0.29, 0.717) is 6.54 Å². The van der Waals surface area contributed by atoms with Crippen LogP contribution in [0, 0.1) is 13.8 Å². The van der Waals surface area contributed by atoms with Gasteiger partial charge in [0, 0.05) is 12.1 Å². The molecule has 2 rings (SSSR count). The lowest BCUT2D eigenvalue weighted by Crippen LogP contribution is -2.25. The first-order valence-electron chi connectivity index (χ1n) is 7.58. The van der Waals surface area contributed by atoms with Gasteiger partial charge in [-0.3, -0.25) is 4.79 Å². The molecular formula is C19H23NO2. The Morgan fingerprint density at radius 3 is 2.45 bits per heavy atom. The molecule has 1 amide bonds. The highest BCUT2D eigenvalue weighted by molar-refractivity contribution is 5.95. The van der Waals surface area contributed by atoms with E-state index in [0.717, 1.165) is 29.7 Å². The molecule has 0 aliphatic rings. The van der Waals surface area contributed by atoms with Crippen molar-refractivity contribution in [3.8, 4) is 5.75 Å². The molecule has 1 N–H and O–H groups in total. The SMILES string of the molecule is COc1ccc(CCCNC(=O)c2ccc(C)cc2C)cc1. The van der Waals surface area contributed by atoms with Crippen molar-refractivity contribution in [3.05, 3.63) is 64.7 Å². The Morgan fingerprint density at radius 2 is 1.82 bits per heavy atom. The van der Waals surface area contributed by atoms with Crippen LogP contribution in [-0.2, 0) is 6.42 Å². The number of amides is 1. The van der Waals surface area contributed by atoms with Crippen molar-refractivity contribution in [1.29, 1.82) is 0 Å². The second-order valence-corrected chi connectivity index (χ2v) is 5.53. The lowest BCUT2D eigenvalue weighted by molar-refractivity contribution is 0.0952. The van der Waals surface area contributed by atoms with Crippen molar-refractivity contribution < 1.29 is 9.53 Å². The van der Waals surface area contributed by atoms with E-state index in [1.165, 1.54) is 11.1 Å². The van der Waals surface area contributed by atoms with Gasteiger partial charge < -0.3 is 10.1 Å². The fourth-order valence-corrected chi connectivity index (χ4v) is 2.45. The van der Waals surface area contributed by atoms with Crippen molar-refractivity contribution in [3.63, 3.8) is 0 Å². The van der Waals surface area contributed by atoms with Crippen molar-refractivity contribution in [2.45, 2.75) is 26.7 Å². The van der Waals surface area contributed by atoms with Gasteiger partial charge in [0.05, 0.1) is 7.11 Å². The Morgan fingerprint density at radius 1 is 1.09 bits per heavy atom. The Hall–Kier alpha value is -2.29. The smallest absolute Gasteiger partial charge is 0.251 e. The minimum atomic E-state index is 0.00670. The van der Waals surface area contributed by atoms with E-state index in [1.807, 2.05) is 44.2 Å². The van der Waals surface area contributed by atoms with Gasteiger partial charge in [0.1, 0.15) is 5.75 Å². The van der Waals surface area contributed by atoms with Gasteiger partial charge in [-0.05, 0) is 56.0 Å². The Labute approximate surface area is 132 Å². The van der Waals surface area contributed by atoms with Crippen LogP contribution in [0.5, 0.6) is 5.75 Å². The summed E-state index contributed by atoms with van der Waals surface area (Å²) in [6.07, 6.45) is 1.86. The number of methoxy groups -OCH3 is 1. The molecule has 0 heterocycles. The van der Waals surface area contributed by atoms with Crippen LogP contribution in [0.25, 0.3) is 0 Å². The monoisotopic (exact) mass is 297 g/mol. The highest BCUT2D eigenvalue weighted by Crippen LogP contribution is 2.13. The van der Waals surface area contributed by atoms with Gasteiger partial charge in [-0.25, -0.2) is 0 Å². The zero-order chi connectivity index (χ0) is 15.9. The number of carbonyl (C=O) groups is 1. The van der Waals surface area contributed by atoms with E-state index in [-0.39, 0.29) is 5.91 Å². The molecule has 0 saturated carbocycles. The lowest BCUT2D eigenvalue weighted by atomic mass is 10.1. The predicted octanol–water partition coefficient (Wildman–Crippen LogP) is 3.67. The fourth-order valence-electron chi connectivity index (χ4n) is 2.45. The minimum absolute atomic E-state index is 0.00670. The molecule has 0 aromatic heterocycles. The summed E-state index contributed by atoms with van der Waals surface area (Å²) >= 11 is 0. The van der Waals surface area contributed by atoms with Crippen molar-refractivity contribution in [2.75, 3.05) is 13.7 Å². The van der Waals surface area contributed by atoms with Gasteiger partial charge in [0.15, 0.2) is 0 Å². The summed E-state index contributed by atoms with van der Waals surface area (Å²) in [6.45, 7) is 4.68. The maximum absolute atomic E-state index is 12.1. The van der Waals surface area contributed by atoms with E-state index >= 15 is 0 Å². The molecule has 2 aromatic carbocycles. The summed E-state index contributed by atoms with van der Waals surface area (Å²) in [5.41, 5.74) is 4.21. The molecule has 0 aliphatic carbocycles. The minimum Gasteiger partial charge on any atom is -0.497 e. The zero-order valence-corrected chi connectivity index (χ0v) is 13.5. The molecule has 0 atom stereocenters. The molecule has 3 heteroatoms. The summed E-state index contributed by atoms with van der Waals surface area (Å²) in [5, 5.41) is 2.99. The zero-order valence-electron chi connectivity index (χ0n) is 13.5.